The highest BCUT2D eigenvalue weighted by atomic mass is 15.5. The van der Waals surface area contributed by atoms with Crippen LogP contribution in [0.4, 0.5) is 0 Å². The second kappa shape index (κ2) is 34.5. The predicted molar refractivity (Wildman–Crippen MR) is 341 cm³/mol. The van der Waals surface area contributed by atoms with Crippen molar-refractivity contribution in [2.45, 2.75) is 7.43 Å². The van der Waals surface area contributed by atoms with E-state index < -0.39 is 0 Å². The van der Waals surface area contributed by atoms with E-state index in [0.717, 1.165) is 28.2 Å². The standard InChI is InChI=1S/4C6H5N3.C5H4N4.6C4H3N5.CH4/c1-3-9-4-2-8-6(9)5-7-1;1-2-7-5-9-4-3-8-6(1)9;1-2-7-6-8-3-5-9(6)4-1;1-2-6-7-4-5-9(6)8-3-1;1-3-6-8-9-5(1)2-4-7-9;1-5-3-9-4(6-1)7-2-8-9;1-4-5-2-8-9(4)3-7-6-1;1-4-6-3-8-9(4)7-2-5-1;1-2-9-4(8-6-1)5-3-7-9;1-2-7-9-4(5-1)6-3-8-9;1-2-6-8-9-4(1)5-3-7-9;/h4*1-5H;1-4H;6*1-3H;1H4. The molecule has 0 fully saturated rings. The van der Waals surface area contributed by atoms with Crippen molar-refractivity contribution in [1.82, 2.24) is 227 Å². The summed E-state index contributed by atoms with van der Waals surface area (Å²) in [4.78, 5) is 66.0. The Morgan fingerprint density at radius 2 is 0.900 bits per heavy atom. The highest BCUT2D eigenvalue weighted by molar-refractivity contribution is 5.42. The molecular weight excluding hydrogens is 1290 g/mol. The van der Waals surface area contributed by atoms with Gasteiger partial charge in [0.2, 0.25) is 5.78 Å². The van der Waals surface area contributed by atoms with Crippen LogP contribution in [0.3, 0.4) is 0 Å². The molecule has 22 rings (SSSR count). The van der Waals surface area contributed by atoms with E-state index in [2.05, 4.69) is 177 Å². The van der Waals surface area contributed by atoms with E-state index in [1.54, 1.807) is 144 Å². The summed E-state index contributed by atoms with van der Waals surface area (Å²) in [6, 6.07) is 13.0. The second-order valence-electron chi connectivity index (χ2n) is 17.8. The molecule has 492 valence electrons. The summed E-state index contributed by atoms with van der Waals surface area (Å²) in [6.45, 7) is 0. The maximum Gasteiger partial charge on any atom is 0.271 e. The molecule has 0 atom stereocenters. The minimum atomic E-state index is 0. The molecule has 0 aliphatic rings. The van der Waals surface area contributed by atoms with Gasteiger partial charge in [0.05, 0.1) is 67.5 Å². The van der Waals surface area contributed by atoms with Crippen LogP contribution < -0.4 is 0 Å². The third-order valence-corrected chi connectivity index (χ3v) is 11.7. The molecule has 22 aromatic rings. The van der Waals surface area contributed by atoms with E-state index >= 15 is 0 Å². The Morgan fingerprint density at radius 3 is 1.74 bits per heavy atom. The Kier molecular flexibility index (Phi) is 22.6. The predicted octanol–water partition coefficient (Wildman–Crippen LogP) is 0.793. The molecule has 0 saturated carbocycles. The Bertz CT molecular complexity index is 4370. The summed E-state index contributed by atoms with van der Waals surface area (Å²) in [5.74, 6) is 2.37. The molecule has 0 amide bonds. The van der Waals surface area contributed by atoms with Gasteiger partial charge in [0.1, 0.15) is 75.2 Å². The fraction of sp³-hybridized carbons (Fsp3) is 0.0185. The van der Waals surface area contributed by atoms with Gasteiger partial charge in [-0.05, 0) is 46.8 Å². The lowest BCUT2D eigenvalue weighted by Gasteiger charge is -1.86. The summed E-state index contributed by atoms with van der Waals surface area (Å²) >= 11 is 0. The van der Waals surface area contributed by atoms with Crippen LogP contribution in [0.2, 0.25) is 0 Å². The van der Waals surface area contributed by atoms with E-state index in [9.17, 15) is 0 Å². The van der Waals surface area contributed by atoms with E-state index in [4.69, 9.17) is 0 Å². The van der Waals surface area contributed by atoms with Crippen LogP contribution >= 0.6 is 0 Å². The first-order chi connectivity index (χ1) is 49.1. The van der Waals surface area contributed by atoms with Gasteiger partial charge >= 0.3 is 0 Å². The average Bonchev–Trinajstić information content (AvgIpc) is 3.49. The molecule has 0 saturated heterocycles. The van der Waals surface area contributed by atoms with Crippen molar-refractivity contribution in [3.05, 3.63) is 261 Å². The highest BCUT2D eigenvalue weighted by Gasteiger charge is 1.97. The van der Waals surface area contributed by atoms with Crippen LogP contribution in [0.25, 0.3) is 62.5 Å². The van der Waals surface area contributed by atoms with Crippen molar-refractivity contribution < 1.29 is 0 Å². The van der Waals surface area contributed by atoms with Gasteiger partial charge in [-0.25, -0.2) is 68.8 Å². The molecule has 0 aliphatic heterocycles. The van der Waals surface area contributed by atoms with Gasteiger partial charge in [0.25, 0.3) is 17.3 Å². The summed E-state index contributed by atoms with van der Waals surface area (Å²) < 4.78 is 17.6. The van der Waals surface area contributed by atoms with E-state index in [1.807, 2.05) is 86.8 Å². The number of fused-ring (bicyclic) bond motifs is 11. The third kappa shape index (κ3) is 18.4. The lowest BCUT2D eigenvalue weighted by atomic mass is 10.5. The summed E-state index contributed by atoms with van der Waals surface area (Å²) in [7, 11) is 0. The topological polar surface area (TPSA) is 500 Å². The Morgan fingerprint density at radius 1 is 0.240 bits per heavy atom. The summed E-state index contributed by atoms with van der Waals surface area (Å²) in [6.07, 6.45) is 57.4. The van der Waals surface area contributed by atoms with Gasteiger partial charge < -0.3 is 4.40 Å². The molecule has 0 spiro atoms. The zero-order valence-corrected chi connectivity index (χ0v) is 50.3. The van der Waals surface area contributed by atoms with Gasteiger partial charge in [-0.15, -0.1) is 59.3 Å². The van der Waals surface area contributed by atoms with E-state index in [1.165, 1.54) is 80.0 Å². The summed E-state index contributed by atoms with van der Waals surface area (Å²) in [5.41, 5.74) is 5.76. The molecule has 0 bridgehead atoms. The first kappa shape index (κ1) is 65.4. The highest BCUT2D eigenvalue weighted by Crippen LogP contribution is 1.99. The molecule has 46 heteroatoms. The summed E-state index contributed by atoms with van der Waals surface area (Å²) in [5, 5.41) is 67.2. The minimum Gasteiger partial charge on any atom is -0.304 e. The molecule has 22 aromatic heterocycles. The molecule has 0 N–H and O–H groups in total. The van der Waals surface area contributed by atoms with Crippen LogP contribution in [-0.2, 0) is 0 Å². The Balaban J connectivity index is 0.000000111. The SMILES string of the molecule is C.c1cc2ccnn2nn1.c1cc2nccn2cn1.c1cc2ncnn2nn1.c1cn2ccnc2cn1.c1cn2ncnc2nn1.c1cnc2nccn2c1.c1cnn2ccnc2c1.c1cnn2ncnc2n1.c1nc2cnncn2n1.c1ncc2ncnn2n1.c1ncn2ncnc2n1. The van der Waals surface area contributed by atoms with Gasteiger partial charge in [0, 0.05) is 92.8 Å². The van der Waals surface area contributed by atoms with Crippen LogP contribution in [0, 0.1) is 0 Å². The zero-order chi connectivity index (χ0) is 67.1. The fourth-order valence-electron chi connectivity index (χ4n) is 7.35. The van der Waals surface area contributed by atoms with Crippen molar-refractivity contribution in [3.63, 3.8) is 0 Å². The van der Waals surface area contributed by atoms with Crippen molar-refractivity contribution in [1.29, 1.82) is 0 Å². The maximum absolute atomic E-state index is 4.04. The van der Waals surface area contributed by atoms with Crippen LogP contribution in [0.5, 0.6) is 0 Å². The molecule has 0 aromatic carbocycles. The number of rotatable bonds is 0. The largest absolute Gasteiger partial charge is 0.304 e. The Hall–Kier alpha value is -16.1. The normalized spacial score (nSPS) is 10.1. The molecule has 46 nitrogen and oxygen atoms in total. The average molecular weight is 1340 g/mol. The van der Waals surface area contributed by atoms with Crippen molar-refractivity contribution >= 4 is 62.5 Å². The first-order valence-corrected chi connectivity index (χ1v) is 28.0. The number of hydrogen-bond acceptors (Lipinski definition) is 35. The quantitative estimate of drug-likeness (QED) is 0.202. The number of imidazole rings is 4. The monoisotopic (exact) mass is 1340 g/mol. The smallest absolute Gasteiger partial charge is 0.271 e. The second-order valence-corrected chi connectivity index (χ2v) is 17.8. The van der Waals surface area contributed by atoms with Crippen LogP contribution in [0.1, 0.15) is 7.43 Å². The van der Waals surface area contributed by atoms with E-state index in [-0.39, 0.29) is 7.43 Å². The van der Waals surface area contributed by atoms with Gasteiger partial charge in [0.15, 0.2) is 28.2 Å². The molecule has 22 heterocycles. The molecule has 100 heavy (non-hydrogen) atoms. The fourth-order valence-corrected chi connectivity index (χ4v) is 7.35. The molecule has 0 unspecified atom stereocenters. The van der Waals surface area contributed by atoms with E-state index in [0.29, 0.717) is 34.3 Å². The number of nitrogens with zero attached hydrogens (tertiary/aromatic N) is 46. The third-order valence-electron chi connectivity index (χ3n) is 11.7. The van der Waals surface area contributed by atoms with Crippen molar-refractivity contribution in [2.75, 3.05) is 0 Å². The molecular formula is C54H46N46. The first-order valence-electron chi connectivity index (χ1n) is 28.0. The Labute approximate surface area is 555 Å². The molecule has 0 aliphatic carbocycles. The minimum absolute atomic E-state index is 0. The van der Waals surface area contributed by atoms with Crippen molar-refractivity contribution in [3.8, 4) is 0 Å². The van der Waals surface area contributed by atoms with Gasteiger partial charge in [-0.2, -0.15) is 69.8 Å². The molecule has 0 radical (unpaired) electrons. The van der Waals surface area contributed by atoms with Crippen molar-refractivity contribution in [2.24, 2.45) is 0 Å². The number of hydrogen-bond donors (Lipinski definition) is 0. The lowest BCUT2D eigenvalue weighted by molar-refractivity contribution is 0.718. The maximum atomic E-state index is 4.04. The van der Waals surface area contributed by atoms with Gasteiger partial charge in [-0.3, -0.25) is 13.8 Å². The van der Waals surface area contributed by atoms with Crippen LogP contribution in [0.15, 0.2) is 261 Å². The zero-order valence-electron chi connectivity index (χ0n) is 50.3. The van der Waals surface area contributed by atoms with Crippen LogP contribution in [-0.4, -0.2) is 227 Å². The lowest BCUT2D eigenvalue weighted by Crippen LogP contribution is -1.94. The number of aromatic nitrogens is 46. The van der Waals surface area contributed by atoms with Gasteiger partial charge in [-0.1, -0.05) is 7.43 Å².